The summed E-state index contributed by atoms with van der Waals surface area (Å²) in [5, 5.41) is 17.6. The highest BCUT2D eigenvalue weighted by molar-refractivity contribution is 5.92. The molecule has 3 aromatic rings. The fourth-order valence-corrected chi connectivity index (χ4v) is 3.31. The number of benzene rings is 1. The molecule has 2 aromatic heterocycles. The molecule has 4 rings (SSSR count). The van der Waals surface area contributed by atoms with Crippen molar-refractivity contribution in [1.82, 2.24) is 15.2 Å². The summed E-state index contributed by atoms with van der Waals surface area (Å²) in [7, 11) is 0. The third-order valence-electron chi connectivity index (χ3n) is 4.72. The molecule has 4 heteroatoms. The number of hydrogen-bond acceptors (Lipinski definition) is 3. The normalized spacial score (nSPS) is 16.2. The van der Waals surface area contributed by atoms with Crippen LogP contribution in [0.5, 0.6) is 0 Å². The zero-order chi connectivity index (χ0) is 15.2. The lowest BCUT2D eigenvalue weighted by Gasteiger charge is -2.36. The first-order valence-electron chi connectivity index (χ1n) is 7.54. The van der Waals surface area contributed by atoms with E-state index in [1.165, 1.54) is 5.56 Å². The van der Waals surface area contributed by atoms with Gasteiger partial charge in [-0.25, -0.2) is 4.98 Å². The van der Waals surface area contributed by atoms with Crippen LogP contribution in [0.1, 0.15) is 30.4 Å². The van der Waals surface area contributed by atoms with Crippen LogP contribution in [0, 0.1) is 18.3 Å². The van der Waals surface area contributed by atoms with Gasteiger partial charge in [-0.3, -0.25) is 5.10 Å². The Bertz CT molecular complexity index is 897. The smallest absolute Gasteiger partial charge is 0.155 e. The summed E-state index contributed by atoms with van der Waals surface area (Å²) in [6.07, 6.45) is 6.66. The molecule has 0 radical (unpaired) electrons. The van der Waals surface area contributed by atoms with Gasteiger partial charge in [0, 0.05) is 11.6 Å². The van der Waals surface area contributed by atoms with E-state index in [1.54, 1.807) is 6.20 Å². The molecule has 2 heterocycles. The van der Waals surface area contributed by atoms with Crippen molar-refractivity contribution in [3.8, 4) is 17.2 Å². The van der Waals surface area contributed by atoms with Gasteiger partial charge in [0.25, 0.3) is 0 Å². The number of aryl methyl sites for hydroxylation is 1. The lowest BCUT2D eigenvalue weighted by atomic mass is 9.65. The Balaban J connectivity index is 1.91. The van der Waals surface area contributed by atoms with Crippen molar-refractivity contribution < 1.29 is 0 Å². The quantitative estimate of drug-likeness (QED) is 0.778. The molecule has 0 amide bonds. The first-order chi connectivity index (χ1) is 10.7. The lowest BCUT2D eigenvalue weighted by molar-refractivity contribution is 0.324. The molecule has 1 aliphatic rings. The number of H-pyrrole nitrogens is 1. The van der Waals surface area contributed by atoms with Gasteiger partial charge in [0.1, 0.15) is 0 Å². The molecule has 0 spiro atoms. The van der Waals surface area contributed by atoms with E-state index >= 15 is 0 Å². The van der Waals surface area contributed by atoms with Gasteiger partial charge in [0.05, 0.1) is 17.7 Å². The number of fused-ring (bicyclic) bond motifs is 1. The number of nitrogens with one attached hydrogen (secondary N) is 1. The van der Waals surface area contributed by atoms with Crippen molar-refractivity contribution in [2.45, 2.75) is 31.6 Å². The van der Waals surface area contributed by atoms with Crippen LogP contribution in [0.3, 0.4) is 0 Å². The Morgan fingerprint density at radius 3 is 2.86 bits per heavy atom. The van der Waals surface area contributed by atoms with Crippen molar-refractivity contribution in [3.05, 3.63) is 47.8 Å². The monoisotopic (exact) mass is 288 g/mol. The van der Waals surface area contributed by atoms with Crippen molar-refractivity contribution in [2.75, 3.05) is 0 Å². The van der Waals surface area contributed by atoms with Gasteiger partial charge in [-0.1, -0.05) is 17.7 Å². The molecule has 1 fully saturated rings. The minimum Gasteiger partial charge on any atom is -0.261 e. The Morgan fingerprint density at radius 1 is 1.27 bits per heavy atom. The van der Waals surface area contributed by atoms with Gasteiger partial charge in [0.2, 0.25) is 0 Å². The van der Waals surface area contributed by atoms with E-state index in [9.17, 15) is 5.26 Å². The van der Waals surface area contributed by atoms with Crippen LogP contribution < -0.4 is 0 Å². The van der Waals surface area contributed by atoms with Gasteiger partial charge in [-0.15, -0.1) is 0 Å². The van der Waals surface area contributed by atoms with Crippen LogP contribution in [-0.2, 0) is 5.41 Å². The summed E-state index contributed by atoms with van der Waals surface area (Å²) >= 11 is 0. The lowest BCUT2D eigenvalue weighted by Crippen LogP contribution is -2.32. The van der Waals surface area contributed by atoms with Crippen molar-refractivity contribution in [2.24, 2.45) is 0 Å². The van der Waals surface area contributed by atoms with Crippen molar-refractivity contribution in [1.29, 1.82) is 5.26 Å². The molecular weight excluding hydrogens is 272 g/mol. The molecule has 4 nitrogen and oxygen atoms in total. The largest absolute Gasteiger partial charge is 0.261 e. The number of rotatable bonds is 2. The number of hydrogen-bond donors (Lipinski definition) is 1. The summed E-state index contributed by atoms with van der Waals surface area (Å²) in [5.74, 6) is 0. The Hall–Kier alpha value is -2.67. The van der Waals surface area contributed by atoms with Crippen LogP contribution in [-0.4, -0.2) is 15.2 Å². The first-order valence-corrected chi connectivity index (χ1v) is 7.54. The second-order valence-corrected chi connectivity index (χ2v) is 6.13. The molecule has 1 N–H and O–H groups in total. The summed E-state index contributed by atoms with van der Waals surface area (Å²) in [4.78, 5) is 4.29. The molecular formula is C18H16N4. The minimum absolute atomic E-state index is 0.288. The van der Waals surface area contributed by atoms with Crippen LogP contribution >= 0.6 is 0 Å². The number of pyridine rings is 1. The predicted octanol–water partition coefficient (Wildman–Crippen LogP) is 3.88. The summed E-state index contributed by atoms with van der Waals surface area (Å²) in [5.41, 5.74) is 5.07. The average Bonchev–Trinajstić information content (AvgIpc) is 2.94. The molecule has 0 bridgehead atoms. The molecule has 22 heavy (non-hydrogen) atoms. The summed E-state index contributed by atoms with van der Waals surface area (Å²) in [6.45, 7) is 2.09. The molecule has 1 aliphatic carbocycles. The molecule has 0 unspecified atom stereocenters. The Morgan fingerprint density at radius 2 is 2.14 bits per heavy atom. The van der Waals surface area contributed by atoms with Gasteiger partial charge >= 0.3 is 0 Å². The van der Waals surface area contributed by atoms with Crippen LogP contribution in [0.4, 0.5) is 0 Å². The molecule has 1 aromatic carbocycles. The SMILES string of the molecule is Cc1cc(-c2ccnc3[nH]ncc23)cc(C2(C#N)CCC2)c1. The third-order valence-corrected chi connectivity index (χ3v) is 4.72. The third kappa shape index (κ3) is 1.82. The summed E-state index contributed by atoms with van der Waals surface area (Å²) in [6, 6.07) is 11.0. The molecule has 1 saturated carbocycles. The molecule has 108 valence electrons. The van der Waals surface area contributed by atoms with Gasteiger partial charge in [-0.05, 0) is 55.0 Å². The maximum absolute atomic E-state index is 9.61. The van der Waals surface area contributed by atoms with Gasteiger partial charge in [-0.2, -0.15) is 10.4 Å². The number of aromatic amines is 1. The topological polar surface area (TPSA) is 65.4 Å². The Kier molecular flexibility index (Phi) is 2.77. The van der Waals surface area contributed by atoms with E-state index in [1.807, 2.05) is 12.3 Å². The Labute approximate surface area is 128 Å². The highest BCUT2D eigenvalue weighted by Crippen LogP contribution is 2.44. The zero-order valence-corrected chi connectivity index (χ0v) is 12.4. The maximum Gasteiger partial charge on any atom is 0.155 e. The molecule has 0 aliphatic heterocycles. The maximum atomic E-state index is 9.61. The first kappa shape index (κ1) is 13.0. The van der Waals surface area contributed by atoms with Gasteiger partial charge < -0.3 is 0 Å². The second-order valence-electron chi connectivity index (χ2n) is 6.13. The van der Waals surface area contributed by atoms with E-state index in [4.69, 9.17) is 0 Å². The van der Waals surface area contributed by atoms with Crippen molar-refractivity contribution >= 4 is 11.0 Å². The van der Waals surface area contributed by atoms with E-state index in [0.29, 0.717) is 0 Å². The number of nitriles is 1. The van der Waals surface area contributed by atoms with E-state index < -0.39 is 0 Å². The highest BCUT2D eigenvalue weighted by atomic mass is 15.1. The van der Waals surface area contributed by atoms with Crippen LogP contribution in [0.2, 0.25) is 0 Å². The molecule has 0 saturated heterocycles. The number of aromatic nitrogens is 3. The van der Waals surface area contributed by atoms with Crippen molar-refractivity contribution in [3.63, 3.8) is 0 Å². The standard InChI is InChI=1S/C18H16N4/c1-12-7-13(9-14(8-12)18(11-19)4-2-5-18)15-3-6-20-17-16(15)10-21-22-17/h3,6-10H,2,4-5H2,1H3,(H,20,21,22). The predicted molar refractivity (Wildman–Crippen MR) is 85.2 cm³/mol. The van der Waals surface area contributed by atoms with E-state index in [2.05, 4.69) is 46.4 Å². The van der Waals surface area contributed by atoms with Crippen LogP contribution in [0.15, 0.2) is 36.7 Å². The minimum atomic E-state index is -0.288. The van der Waals surface area contributed by atoms with Crippen LogP contribution in [0.25, 0.3) is 22.2 Å². The highest BCUT2D eigenvalue weighted by Gasteiger charge is 2.39. The van der Waals surface area contributed by atoms with E-state index in [0.717, 1.165) is 47.0 Å². The molecule has 0 atom stereocenters. The van der Waals surface area contributed by atoms with Gasteiger partial charge in [0.15, 0.2) is 5.65 Å². The number of nitrogens with zero attached hydrogens (tertiary/aromatic N) is 3. The van der Waals surface area contributed by atoms with E-state index in [-0.39, 0.29) is 5.41 Å². The average molecular weight is 288 g/mol. The fourth-order valence-electron chi connectivity index (χ4n) is 3.31. The fraction of sp³-hybridized carbons (Fsp3) is 0.278. The summed E-state index contributed by atoms with van der Waals surface area (Å²) < 4.78 is 0. The second kappa shape index (κ2) is 4.67. The zero-order valence-electron chi connectivity index (χ0n) is 12.4.